The molecular weight excluding hydrogens is 228 g/mol. The molecule has 0 bridgehead atoms. The third kappa shape index (κ3) is 2.56. The second kappa shape index (κ2) is 5.10. The lowest BCUT2D eigenvalue weighted by molar-refractivity contribution is 0.0679. The number of carbonyl (C=O) groups excluding carboxylic acids is 1. The maximum atomic E-state index is 12.4. The van der Waals surface area contributed by atoms with E-state index in [0.29, 0.717) is 17.8 Å². The third-order valence-corrected chi connectivity index (χ3v) is 3.83. The zero-order valence-electron chi connectivity index (χ0n) is 11.4. The summed E-state index contributed by atoms with van der Waals surface area (Å²) in [7, 11) is 3.69. The van der Waals surface area contributed by atoms with Crippen molar-refractivity contribution in [2.75, 3.05) is 7.05 Å². The van der Waals surface area contributed by atoms with Crippen LogP contribution in [0.2, 0.25) is 0 Å². The summed E-state index contributed by atoms with van der Waals surface area (Å²) in [5.74, 6) is 0.0542. The first-order valence-corrected chi connectivity index (χ1v) is 6.52. The van der Waals surface area contributed by atoms with Gasteiger partial charge in [0.05, 0.1) is 5.69 Å². The number of carbonyl (C=O) groups is 1. The van der Waals surface area contributed by atoms with Gasteiger partial charge in [0, 0.05) is 26.2 Å². The fourth-order valence-corrected chi connectivity index (χ4v) is 2.65. The molecule has 1 aliphatic rings. The molecule has 1 aromatic rings. The van der Waals surface area contributed by atoms with Crippen molar-refractivity contribution >= 4 is 5.91 Å². The minimum atomic E-state index is 0.0542. The van der Waals surface area contributed by atoms with Crippen LogP contribution in [0.1, 0.15) is 41.9 Å². The molecule has 0 atom stereocenters. The first-order valence-electron chi connectivity index (χ1n) is 6.52. The molecule has 18 heavy (non-hydrogen) atoms. The standard InChI is InChI=1S/C13H22N4O/c1-9-8-12(17(3)15-9)13(18)16(2)11-6-4-10(14)5-7-11/h8,10-11H,4-7,14H2,1-3H3. The topological polar surface area (TPSA) is 64.2 Å². The van der Waals surface area contributed by atoms with Gasteiger partial charge in [-0.15, -0.1) is 0 Å². The van der Waals surface area contributed by atoms with Crippen molar-refractivity contribution in [1.82, 2.24) is 14.7 Å². The first kappa shape index (κ1) is 13.1. The van der Waals surface area contributed by atoms with E-state index in [9.17, 15) is 4.79 Å². The van der Waals surface area contributed by atoms with Crippen molar-refractivity contribution in [3.05, 3.63) is 17.5 Å². The average Bonchev–Trinajstić information content (AvgIpc) is 2.67. The van der Waals surface area contributed by atoms with E-state index in [1.54, 1.807) is 4.68 Å². The molecule has 0 unspecified atom stereocenters. The maximum Gasteiger partial charge on any atom is 0.272 e. The SMILES string of the molecule is Cc1cc(C(=O)N(C)C2CCC(N)CC2)n(C)n1. The van der Waals surface area contributed by atoms with E-state index in [1.807, 2.05) is 32.0 Å². The van der Waals surface area contributed by atoms with Gasteiger partial charge in [-0.2, -0.15) is 5.10 Å². The van der Waals surface area contributed by atoms with Gasteiger partial charge in [-0.25, -0.2) is 0 Å². The van der Waals surface area contributed by atoms with Crippen LogP contribution >= 0.6 is 0 Å². The summed E-state index contributed by atoms with van der Waals surface area (Å²) in [5, 5.41) is 4.22. The van der Waals surface area contributed by atoms with Crippen LogP contribution in [-0.4, -0.2) is 39.7 Å². The van der Waals surface area contributed by atoms with E-state index in [0.717, 1.165) is 31.4 Å². The summed E-state index contributed by atoms with van der Waals surface area (Å²) in [6, 6.07) is 2.46. The lowest BCUT2D eigenvalue weighted by Crippen LogP contribution is -2.42. The molecule has 1 heterocycles. The van der Waals surface area contributed by atoms with Crippen molar-refractivity contribution < 1.29 is 4.79 Å². The van der Waals surface area contributed by atoms with Crippen LogP contribution in [0.5, 0.6) is 0 Å². The molecule has 2 rings (SSSR count). The molecule has 5 nitrogen and oxygen atoms in total. The minimum absolute atomic E-state index is 0.0542. The molecule has 2 N–H and O–H groups in total. The van der Waals surface area contributed by atoms with Crippen LogP contribution in [-0.2, 0) is 7.05 Å². The molecule has 1 fully saturated rings. The Kier molecular flexibility index (Phi) is 3.71. The fourth-order valence-electron chi connectivity index (χ4n) is 2.65. The Morgan fingerprint density at radius 1 is 1.44 bits per heavy atom. The Balaban J connectivity index is 2.07. The largest absolute Gasteiger partial charge is 0.337 e. The van der Waals surface area contributed by atoms with Gasteiger partial charge < -0.3 is 10.6 Å². The van der Waals surface area contributed by atoms with Crippen molar-refractivity contribution in [1.29, 1.82) is 0 Å². The van der Waals surface area contributed by atoms with Crippen molar-refractivity contribution in [3.8, 4) is 0 Å². The Morgan fingerprint density at radius 3 is 2.56 bits per heavy atom. The zero-order chi connectivity index (χ0) is 13.3. The van der Waals surface area contributed by atoms with E-state index in [4.69, 9.17) is 5.73 Å². The molecule has 1 aromatic heterocycles. The highest BCUT2D eigenvalue weighted by Gasteiger charge is 2.27. The molecule has 0 aromatic carbocycles. The van der Waals surface area contributed by atoms with E-state index >= 15 is 0 Å². The Morgan fingerprint density at radius 2 is 2.06 bits per heavy atom. The predicted octanol–water partition coefficient (Wildman–Crippen LogP) is 1.07. The minimum Gasteiger partial charge on any atom is -0.337 e. The summed E-state index contributed by atoms with van der Waals surface area (Å²) in [5.41, 5.74) is 7.43. The highest BCUT2D eigenvalue weighted by molar-refractivity contribution is 5.92. The number of hydrogen-bond acceptors (Lipinski definition) is 3. The van der Waals surface area contributed by atoms with Gasteiger partial charge in [0.1, 0.15) is 5.69 Å². The molecule has 5 heteroatoms. The number of aromatic nitrogens is 2. The molecule has 0 spiro atoms. The zero-order valence-corrected chi connectivity index (χ0v) is 11.4. The highest BCUT2D eigenvalue weighted by atomic mass is 16.2. The number of nitrogens with two attached hydrogens (primary N) is 1. The molecule has 0 saturated heterocycles. The van der Waals surface area contributed by atoms with Crippen molar-refractivity contribution in [3.63, 3.8) is 0 Å². The molecule has 0 aliphatic heterocycles. The van der Waals surface area contributed by atoms with Gasteiger partial charge in [0.15, 0.2) is 0 Å². The number of aryl methyl sites for hydroxylation is 2. The monoisotopic (exact) mass is 250 g/mol. The van der Waals surface area contributed by atoms with E-state index in [2.05, 4.69) is 5.10 Å². The van der Waals surface area contributed by atoms with Crippen LogP contribution in [0.4, 0.5) is 0 Å². The van der Waals surface area contributed by atoms with Gasteiger partial charge in [-0.1, -0.05) is 0 Å². The number of nitrogens with zero attached hydrogens (tertiary/aromatic N) is 3. The quantitative estimate of drug-likeness (QED) is 0.854. The van der Waals surface area contributed by atoms with Gasteiger partial charge in [-0.3, -0.25) is 9.48 Å². The predicted molar refractivity (Wildman–Crippen MR) is 70.3 cm³/mol. The molecule has 1 amide bonds. The number of amides is 1. The van der Waals surface area contributed by atoms with Crippen LogP contribution in [0.25, 0.3) is 0 Å². The second-order valence-electron chi connectivity index (χ2n) is 5.28. The first-order chi connectivity index (χ1) is 8.49. The summed E-state index contributed by atoms with van der Waals surface area (Å²) >= 11 is 0. The van der Waals surface area contributed by atoms with Crippen molar-refractivity contribution in [2.24, 2.45) is 12.8 Å². The van der Waals surface area contributed by atoms with Crippen LogP contribution in [0.3, 0.4) is 0 Å². The fraction of sp³-hybridized carbons (Fsp3) is 0.692. The normalized spacial score (nSPS) is 24.0. The van der Waals surface area contributed by atoms with E-state index in [-0.39, 0.29) is 5.91 Å². The van der Waals surface area contributed by atoms with Gasteiger partial charge in [0.25, 0.3) is 5.91 Å². The van der Waals surface area contributed by atoms with Crippen molar-refractivity contribution in [2.45, 2.75) is 44.7 Å². The van der Waals surface area contributed by atoms with Gasteiger partial charge in [-0.05, 0) is 38.7 Å². The summed E-state index contributed by atoms with van der Waals surface area (Å²) in [6.45, 7) is 1.90. The van der Waals surface area contributed by atoms with Crippen LogP contribution < -0.4 is 5.73 Å². The molecule has 1 saturated carbocycles. The van der Waals surface area contributed by atoms with Gasteiger partial charge >= 0.3 is 0 Å². The molecule has 0 radical (unpaired) electrons. The average molecular weight is 250 g/mol. The molecular formula is C13H22N4O. The Hall–Kier alpha value is -1.36. The highest BCUT2D eigenvalue weighted by Crippen LogP contribution is 2.22. The third-order valence-electron chi connectivity index (χ3n) is 3.83. The lowest BCUT2D eigenvalue weighted by atomic mass is 9.91. The summed E-state index contributed by atoms with van der Waals surface area (Å²) in [6.07, 6.45) is 4.01. The van der Waals surface area contributed by atoms with Gasteiger partial charge in [0.2, 0.25) is 0 Å². The molecule has 100 valence electrons. The smallest absolute Gasteiger partial charge is 0.272 e. The van der Waals surface area contributed by atoms with Crippen LogP contribution in [0.15, 0.2) is 6.07 Å². The van der Waals surface area contributed by atoms with Crippen LogP contribution in [0, 0.1) is 6.92 Å². The maximum absolute atomic E-state index is 12.4. The summed E-state index contributed by atoms with van der Waals surface area (Å²) in [4.78, 5) is 14.2. The van der Waals surface area contributed by atoms with E-state index in [1.165, 1.54) is 0 Å². The van der Waals surface area contributed by atoms with E-state index < -0.39 is 0 Å². The lowest BCUT2D eigenvalue weighted by Gasteiger charge is -2.33. The Labute approximate surface area is 108 Å². The summed E-state index contributed by atoms with van der Waals surface area (Å²) < 4.78 is 1.66. The number of rotatable bonds is 2. The number of hydrogen-bond donors (Lipinski definition) is 1. The molecule has 1 aliphatic carbocycles. The second-order valence-corrected chi connectivity index (χ2v) is 5.28. The Bertz CT molecular complexity index is 432.